The van der Waals surface area contributed by atoms with E-state index in [2.05, 4.69) is 10.2 Å². The van der Waals surface area contributed by atoms with E-state index in [1.54, 1.807) is 31.2 Å². The van der Waals surface area contributed by atoms with E-state index >= 15 is 0 Å². The second kappa shape index (κ2) is 9.38. The second-order valence-electron chi connectivity index (χ2n) is 7.41. The Balaban J connectivity index is 1.81. The number of sulfonamides is 1. The Morgan fingerprint density at radius 2 is 1.83 bits per heavy atom. The zero-order valence-electron chi connectivity index (χ0n) is 17.7. The number of hydrogen-bond donors (Lipinski definition) is 1. The maximum absolute atomic E-state index is 13.0. The third-order valence-corrected chi connectivity index (χ3v) is 6.42. The van der Waals surface area contributed by atoms with Crippen LogP contribution in [0.3, 0.4) is 0 Å². The molecular formula is C22H29N3O4S. The summed E-state index contributed by atoms with van der Waals surface area (Å²) in [6, 6.07) is 13.5. The summed E-state index contributed by atoms with van der Waals surface area (Å²) in [5, 5.41) is 2.87. The lowest BCUT2D eigenvalue weighted by atomic mass is 10.1. The molecule has 1 heterocycles. The molecule has 0 aliphatic carbocycles. The van der Waals surface area contributed by atoms with E-state index in [0.29, 0.717) is 23.5 Å². The highest BCUT2D eigenvalue weighted by atomic mass is 32.2. The van der Waals surface area contributed by atoms with Gasteiger partial charge in [-0.15, -0.1) is 0 Å². The molecular weight excluding hydrogens is 402 g/mol. The van der Waals surface area contributed by atoms with E-state index < -0.39 is 16.1 Å². The summed E-state index contributed by atoms with van der Waals surface area (Å²) < 4.78 is 31.5. The Morgan fingerprint density at radius 3 is 2.40 bits per heavy atom. The van der Waals surface area contributed by atoms with Gasteiger partial charge in [0, 0.05) is 30.5 Å². The fourth-order valence-electron chi connectivity index (χ4n) is 3.76. The number of carbonyl (C=O) groups is 1. The quantitative estimate of drug-likeness (QED) is 0.692. The molecule has 1 amide bonds. The number of nitrogens with zero attached hydrogens (tertiary/aromatic N) is 2. The van der Waals surface area contributed by atoms with Crippen LogP contribution in [0.5, 0.6) is 5.75 Å². The smallest absolute Gasteiger partial charge is 0.248 e. The predicted octanol–water partition coefficient (Wildman–Crippen LogP) is 3.48. The Hall–Kier alpha value is -2.74. The topological polar surface area (TPSA) is 79.0 Å². The summed E-state index contributed by atoms with van der Waals surface area (Å²) in [6.07, 6.45) is 3.82. The molecule has 1 aliphatic heterocycles. The molecule has 0 bridgehead atoms. The fraction of sp³-hybridized carbons (Fsp3) is 0.409. The standard InChI is InChI=1S/C22H29N3O4S/c1-4-21(25(30(3,27)28)19-8-7-9-20(16-19)29-2)22(26)23-17-10-12-18(13-11-17)24-14-5-6-15-24/h7-13,16,21H,4-6,14-15H2,1-3H3,(H,23,26). The first kappa shape index (κ1) is 22.0. The van der Waals surface area contributed by atoms with Crippen LogP contribution in [0, 0.1) is 0 Å². The highest BCUT2D eigenvalue weighted by Gasteiger charge is 2.31. The molecule has 0 spiro atoms. The molecule has 1 unspecified atom stereocenters. The summed E-state index contributed by atoms with van der Waals surface area (Å²) in [5.74, 6) is 0.147. The average Bonchev–Trinajstić information content (AvgIpc) is 3.26. The summed E-state index contributed by atoms with van der Waals surface area (Å²) in [6.45, 7) is 3.89. The minimum Gasteiger partial charge on any atom is -0.497 e. The van der Waals surface area contributed by atoms with Gasteiger partial charge in [0.15, 0.2) is 0 Å². The Morgan fingerprint density at radius 1 is 1.17 bits per heavy atom. The Labute approximate surface area is 178 Å². The highest BCUT2D eigenvalue weighted by molar-refractivity contribution is 7.92. The third-order valence-electron chi connectivity index (χ3n) is 5.24. The van der Waals surface area contributed by atoms with Crippen LogP contribution in [0.4, 0.5) is 17.1 Å². The number of benzene rings is 2. The normalized spacial score (nSPS) is 15.0. The van der Waals surface area contributed by atoms with Gasteiger partial charge in [-0.05, 0) is 55.7 Å². The SMILES string of the molecule is CCC(C(=O)Nc1ccc(N2CCCC2)cc1)N(c1cccc(OC)c1)S(C)(=O)=O. The van der Waals surface area contributed by atoms with E-state index in [1.165, 1.54) is 20.0 Å². The van der Waals surface area contributed by atoms with Crippen LogP contribution in [0.2, 0.25) is 0 Å². The van der Waals surface area contributed by atoms with Gasteiger partial charge >= 0.3 is 0 Å². The van der Waals surface area contributed by atoms with Crippen LogP contribution in [0.25, 0.3) is 0 Å². The van der Waals surface area contributed by atoms with Crippen molar-refractivity contribution in [3.63, 3.8) is 0 Å². The minimum absolute atomic E-state index is 0.321. The van der Waals surface area contributed by atoms with Gasteiger partial charge in [-0.1, -0.05) is 13.0 Å². The molecule has 3 rings (SSSR count). The van der Waals surface area contributed by atoms with Crippen LogP contribution in [-0.4, -0.2) is 46.8 Å². The number of amides is 1. The minimum atomic E-state index is -3.70. The maximum Gasteiger partial charge on any atom is 0.248 e. The fourth-order valence-corrected chi connectivity index (χ4v) is 4.97. The van der Waals surface area contributed by atoms with Crippen molar-refractivity contribution in [3.05, 3.63) is 48.5 Å². The van der Waals surface area contributed by atoms with E-state index in [0.717, 1.165) is 29.3 Å². The summed E-state index contributed by atoms with van der Waals surface area (Å²) in [5.41, 5.74) is 2.16. The van der Waals surface area contributed by atoms with Gasteiger partial charge in [-0.2, -0.15) is 0 Å². The first-order chi connectivity index (χ1) is 14.3. The van der Waals surface area contributed by atoms with E-state index in [-0.39, 0.29) is 5.91 Å². The molecule has 2 aromatic carbocycles. The van der Waals surface area contributed by atoms with Crippen LogP contribution in [0.1, 0.15) is 26.2 Å². The number of nitrogens with one attached hydrogen (secondary N) is 1. The van der Waals surface area contributed by atoms with Gasteiger partial charge in [-0.25, -0.2) is 8.42 Å². The van der Waals surface area contributed by atoms with Crippen LogP contribution in [-0.2, 0) is 14.8 Å². The average molecular weight is 432 g/mol. The predicted molar refractivity (Wildman–Crippen MR) is 121 cm³/mol. The molecule has 1 saturated heterocycles. The van der Waals surface area contributed by atoms with Crippen molar-refractivity contribution < 1.29 is 17.9 Å². The van der Waals surface area contributed by atoms with E-state index in [9.17, 15) is 13.2 Å². The Kier molecular flexibility index (Phi) is 6.87. The molecule has 30 heavy (non-hydrogen) atoms. The molecule has 0 radical (unpaired) electrons. The highest BCUT2D eigenvalue weighted by Crippen LogP contribution is 2.27. The first-order valence-electron chi connectivity index (χ1n) is 10.1. The Bertz CT molecular complexity index is 970. The largest absolute Gasteiger partial charge is 0.497 e. The van der Waals surface area contributed by atoms with Gasteiger partial charge in [0.05, 0.1) is 19.1 Å². The van der Waals surface area contributed by atoms with E-state index in [4.69, 9.17) is 4.74 Å². The van der Waals surface area contributed by atoms with Gasteiger partial charge in [0.25, 0.3) is 0 Å². The lowest BCUT2D eigenvalue weighted by molar-refractivity contribution is -0.117. The monoisotopic (exact) mass is 431 g/mol. The van der Waals surface area contributed by atoms with E-state index in [1.807, 2.05) is 24.3 Å². The molecule has 7 nitrogen and oxygen atoms in total. The number of rotatable bonds is 8. The lowest BCUT2D eigenvalue weighted by Gasteiger charge is -2.30. The van der Waals surface area contributed by atoms with Gasteiger partial charge in [0.2, 0.25) is 15.9 Å². The molecule has 1 aliphatic rings. The number of methoxy groups -OCH3 is 1. The third kappa shape index (κ3) is 5.05. The second-order valence-corrected chi connectivity index (χ2v) is 9.27. The van der Waals surface area contributed by atoms with Gasteiger partial charge < -0.3 is 15.0 Å². The van der Waals surface area contributed by atoms with Crippen molar-refractivity contribution in [2.75, 3.05) is 41.0 Å². The van der Waals surface area contributed by atoms with Gasteiger partial charge in [0.1, 0.15) is 11.8 Å². The zero-order valence-corrected chi connectivity index (χ0v) is 18.5. The lowest BCUT2D eigenvalue weighted by Crippen LogP contribution is -2.47. The number of ether oxygens (including phenoxy) is 1. The molecule has 8 heteroatoms. The van der Waals surface area contributed by atoms with Crippen LogP contribution < -0.4 is 19.3 Å². The van der Waals surface area contributed by atoms with Crippen LogP contribution >= 0.6 is 0 Å². The molecule has 0 saturated carbocycles. The summed E-state index contributed by atoms with van der Waals surface area (Å²) in [4.78, 5) is 15.4. The van der Waals surface area contributed by atoms with Crippen molar-refractivity contribution >= 4 is 33.0 Å². The van der Waals surface area contributed by atoms with Crippen molar-refractivity contribution in [2.24, 2.45) is 0 Å². The molecule has 2 aromatic rings. The van der Waals surface area contributed by atoms with Crippen LogP contribution in [0.15, 0.2) is 48.5 Å². The molecule has 1 fully saturated rings. The maximum atomic E-state index is 13.0. The molecule has 162 valence electrons. The number of anilines is 3. The van der Waals surface area contributed by atoms with Gasteiger partial charge in [-0.3, -0.25) is 9.10 Å². The summed E-state index contributed by atoms with van der Waals surface area (Å²) >= 11 is 0. The molecule has 0 aromatic heterocycles. The van der Waals surface area contributed by atoms with Crippen molar-refractivity contribution in [1.82, 2.24) is 0 Å². The summed E-state index contributed by atoms with van der Waals surface area (Å²) in [7, 11) is -2.19. The molecule has 1 atom stereocenters. The first-order valence-corrected chi connectivity index (χ1v) is 12.0. The number of hydrogen-bond acceptors (Lipinski definition) is 5. The van der Waals surface area contributed by atoms with Crippen molar-refractivity contribution in [1.29, 1.82) is 0 Å². The number of carbonyl (C=O) groups excluding carboxylic acids is 1. The van der Waals surface area contributed by atoms with Crippen molar-refractivity contribution in [3.8, 4) is 5.75 Å². The van der Waals surface area contributed by atoms with Crippen molar-refractivity contribution in [2.45, 2.75) is 32.2 Å². The zero-order chi connectivity index (χ0) is 21.7. The molecule has 1 N–H and O–H groups in total.